The van der Waals surface area contributed by atoms with Crippen LogP contribution in [0.25, 0.3) is 0 Å². The third kappa shape index (κ3) is 3.57. The number of aliphatic hydroxyl groups excluding tert-OH is 4. The average Bonchev–Trinajstić information content (AvgIpc) is 2.74. The Morgan fingerprint density at radius 2 is 1.82 bits per heavy atom. The number of rotatable bonds is 3. The van der Waals surface area contributed by atoms with Crippen LogP contribution in [0.1, 0.15) is 9.67 Å². The van der Waals surface area contributed by atoms with Gasteiger partial charge in [0.1, 0.15) is 29.2 Å². The molecule has 0 unspecified atom stereocenters. The van der Waals surface area contributed by atoms with Crippen LogP contribution in [-0.4, -0.2) is 63.6 Å². The summed E-state index contributed by atoms with van der Waals surface area (Å²) in [5.41, 5.74) is 0. The topological polar surface area (TPSA) is 119 Å². The standard InChI is InChI=1S/C11H12Br3NO6S/c12-3-4(13)9(14)22-8(3)10(19)15-5-7(18)6(17)2(1-16)21-11(5)20/h2,5-7,11,16-18,20H,1H2,(H,15,19)/t2-,5-,6-,7-,11+/m1/s1. The molecule has 1 aromatic rings. The van der Waals surface area contributed by atoms with Crippen molar-refractivity contribution in [3.8, 4) is 0 Å². The van der Waals surface area contributed by atoms with Crippen LogP contribution in [0.3, 0.4) is 0 Å². The van der Waals surface area contributed by atoms with Gasteiger partial charge in [0.2, 0.25) is 0 Å². The van der Waals surface area contributed by atoms with Crippen molar-refractivity contribution in [1.29, 1.82) is 0 Å². The summed E-state index contributed by atoms with van der Waals surface area (Å²) < 4.78 is 6.88. The van der Waals surface area contributed by atoms with E-state index in [0.717, 1.165) is 11.3 Å². The van der Waals surface area contributed by atoms with E-state index < -0.39 is 43.2 Å². The molecule has 0 aliphatic carbocycles. The highest BCUT2D eigenvalue weighted by molar-refractivity contribution is 9.14. The molecule has 7 nitrogen and oxygen atoms in total. The predicted molar refractivity (Wildman–Crippen MR) is 88.7 cm³/mol. The Bertz CT molecular complexity index is 570. The van der Waals surface area contributed by atoms with E-state index in [1.807, 2.05) is 0 Å². The Morgan fingerprint density at radius 3 is 2.32 bits per heavy atom. The van der Waals surface area contributed by atoms with E-state index in [1.54, 1.807) is 0 Å². The number of halogens is 3. The second-order valence-corrected chi connectivity index (χ2v) is 8.49. The van der Waals surface area contributed by atoms with Crippen LogP contribution >= 0.6 is 59.1 Å². The van der Waals surface area contributed by atoms with Gasteiger partial charge in [0, 0.05) is 0 Å². The summed E-state index contributed by atoms with van der Waals surface area (Å²) >= 11 is 11.0. The van der Waals surface area contributed by atoms with Gasteiger partial charge in [-0.25, -0.2) is 0 Å². The minimum atomic E-state index is -1.55. The maximum absolute atomic E-state index is 12.3. The van der Waals surface area contributed by atoms with Gasteiger partial charge < -0.3 is 30.5 Å². The molecular weight excluding hydrogens is 514 g/mol. The number of thiophene rings is 1. The van der Waals surface area contributed by atoms with Crippen molar-refractivity contribution in [2.45, 2.75) is 30.6 Å². The highest BCUT2D eigenvalue weighted by Gasteiger charge is 2.44. The highest BCUT2D eigenvalue weighted by atomic mass is 79.9. The monoisotopic (exact) mass is 523 g/mol. The average molecular weight is 526 g/mol. The summed E-state index contributed by atoms with van der Waals surface area (Å²) in [5.74, 6) is -0.551. The highest BCUT2D eigenvalue weighted by Crippen LogP contribution is 2.41. The van der Waals surface area contributed by atoms with E-state index in [4.69, 9.17) is 9.84 Å². The molecule has 2 heterocycles. The first-order valence-electron chi connectivity index (χ1n) is 6.02. The molecule has 0 bridgehead atoms. The molecule has 1 amide bonds. The predicted octanol–water partition coefficient (Wildman–Crippen LogP) is 0.565. The summed E-state index contributed by atoms with van der Waals surface area (Å²) in [5, 5.41) is 41.0. The van der Waals surface area contributed by atoms with Gasteiger partial charge in [-0.15, -0.1) is 11.3 Å². The lowest BCUT2D eigenvalue weighted by molar-refractivity contribution is -0.252. The van der Waals surface area contributed by atoms with Gasteiger partial charge in [-0.1, -0.05) is 0 Å². The molecule has 1 aliphatic heterocycles. The van der Waals surface area contributed by atoms with Crippen molar-refractivity contribution in [3.63, 3.8) is 0 Å². The SMILES string of the molecule is O=C(N[C@@H]1[C@@H](O)[C@H](O)[C@@H](CO)O[C@@H]1O)c1sc(Br)c(Br)c1Br. The van der Waals surface area contributed by atoms with Crippen molar-refractivity contribution >= 4 is 65.0 Å². The maximum Gasteiger partial charge on any atom is 0.263 e. The Kier molecular flexibility index (Phi) is 6.42. The molecule has 5 N–H and O–H groups in total. The molecular formula is C11H12Br3NO6S. The number of hydrogen-bond acceptors (Lipinski definition) is 7. The molecule has 22 heavy (non-hydrogen) atoms. The molecule has 0 spiro atoms. The quantitative estimate of drug-likeness (QED) is 0.394. The molecule has 1 saturated heterocycles. The van der Waals surface area contributed by atoms with Crippen LogP contribution in [0.5, 0.6) is 0 Å². The van der Waals surface area contributed by atoms with Gasteiger partial charge in [0.25, 0.3) is 5.91 Å². The molecule has 11 heteroatoms. The van der Waals surface area contributed by atoms with Crippen molar-refractivity contribution in [2.75, 3.05) is 6.61 Å². The van der Waals surface area contributed by atoms with Crippen molar-refractivity contribution < 1.29 is 30.0 Å². The van der Waals surface area contributed by atoms with E-state index in [0.29, 0.717) is 17.6 Å². The molecule has 2 rings (SSSR count). The number of aliphatic hydroxyl groups is 4. The van der Waals surface area contributed by atoms with E-state index in [1.165, 1.54) is 0 Å². The zero-order valence-electron chi connectivity index (χ0n) is 10.7. The zero-order chi connectivity index (χ0) is 16.6. The molecule has 1 fully saturated rings. The normalized spacial score (nSPS) is 32.0. The Hall–Kier alpha value is 0.410. The van der Waals surface area contributed by atoms with E-state index >= 15 is 0 Å². The summed E-state index contributed by atoms with van der Waals surface area (Å²) in [6.07, 6.45) is -5.57. The van der Waals surface area contributed by atoms with Gasteiger partial charge in [0.05, 0.1) is 19.3 Å². The number of hydrogen-bond donors (Lipinski definition) is 5. The largest absolute Gasteiger partial charge is 0.394 e. The molecule has 1 aliphatic rings. The lowest BCUT2D eigenvalue weighted by Gasteiger charge is -2.40. The van der Waals surface area contributed by atoms with E-state index in [-0.39, 0.29) is 0 Å². The minimum absolute atomic E-state index is 0.317. The number of carbonyl (C=O) groups is 1. The first-order valence-corrected chi connectivity index (χ1v) is 9.22. The Balaban J connectivity index is 2.15. The molecule has 0 saturated carbocycles. The smallest absolute Gasteiger partial charge is 0.263 e. The number of ether oxygens (including phenoxy) is 1. The second kappa shape index (κ2) is 7.53. The lowest BCUT2D eigenvalue weighted by atomic mass is 9.97. The number of amides is 1. The third-order valence-corrected chi connectivity index (χ3v) is 8.19. The summed E-state index contributed by atoms with van der Waals surface area (Å²) in [6, 6.07) is -1.23. The summed E-state index contributed by atoms with van der Waals surface area (Å²) in [6.45, 7) is -0.563. The van der Waals surface area contributed by atoms with Crippen LogP contribution in [0, 0.1) is 0 Å². The minimum Gasteiger partial charge on any atom is -0.394 e. The first kappa shape index (κ1) is 18.7. The fourth-order valence-corrected chi connectivity index (χ4v) is 4.97. The van der Waals surface area contributed by atoms with Crippen LogP contribution < -0.4 is 5.32 Å². The van der Waals surface area contributed by atoms with Gasteiger partial charge >= 0.3 is 0 Å². The van der Waals surface area contributed by atoms with E-state index in [9.17, 15) is 20.1 Å². The van der Waals surface area contributed by atoms with Gasteiger partial charge in [-0.2, -0.15) is 0 Å². The van der Waals surface area contributed by atoms with E-state index in [2.05, 4.69) is 53.1 Å². The third-order valence-electron chi connectivity index (χ3n) is 3.16. The van der Waals surface area contributed by atoms with Crippen LogP contribution in [0.4, 0.5) is 0 Å². The fourth-order valence-electron chi connectivity index (χ4n) is 1.98. The lowest BCUT2D eigenvalue weighted by Crippen LogP contribution is -2.64. The van der Waals surface area contributed by atoms with Crippen LogP contribution in [0.2, 0.25) is 0 Å². The van der Waals surface area contributed by atoms with Crippen molar-refractivity contribution in [1.82, 2.24) is 5.32 Å². The van der Waals surface area contributed by atoms with Crippen molar-refractivity contribution in [3.05, 3.63) is 17.6 Å². The van der Waals surface area contributed by atoms with Gasteiger partial charge in [0.15, 0.2) is 6.29 Å². The number of nitrogens with one attached hydrogen (secondary N) is 1. The molecule has 124 valence electrons. The van der Waals surface area contributed by atoms with Gasteiger partial charge in [-0.05, 0) is 47.8 Å². The summed E-state index contributed by atoms with van der Waals surface area (Å²) in [4.78, 5) is 12.6. The molecule has 1 aromatic heterocycles. The first-order chi connectivity index (χ1) is 10.3. The fraction of sp³-hybridized carbons (Fsp3) is 0.545. The van der Waals surface area contributed by atoms with Crippen LogP contribution in [0.15, 0.2) is 12.7 Å². The Morgan fingerprint density at radius 1 is 1.18 bits per heavy atom. The molecule has 0 aromatic carbocycles. The Labute approximate surface area is 154 Å². The summed E-state index contributed by atoms with van der Waals surface area (Å²) in [7, 11) is 0. The second-order valence-electron chi connectivity index (χ2n) is 4.56. The van der Waals surface area contributed by atoms with Crippen molar-refractivity contribution in [2.24, 2.45) is 0 Å². The zero-order valence-corrected chi connectivity index (χ0v) is 16.3. The van der Waals surface area contributed by atoms with Gasteiger partial charge in [-0.3, -0.25) is 4.79 Å². The van der Waals surface area contributed by atoms with Crippen LogP contribution in [-0.2, 0) is 4.74 Å². The molecule has 5 atom stereocenters. The maximum atomic E-state index is 12.3. The molecule has 0 radical (unpaired) electrons. The number of carbonyl (C=O) groups excluding carboxylic acids is 1.